The average Bonchev–Trinajstić information content (AvgIpc) is 2.74. The predicted octanol–water partition coefficient (Wildman–Crippen LogP) is 4.42. The number of hydrogen-bond donors (Lipinski definition) is 2. The van der Waals surface area contributed by atoms with Crippen molar-refractivity contribution < 1.29 is 5.11 Å². The number of aromatic amines is 1. The normalized spacial score (nSPS) is 11.4. The van der Waals surface area contributed by atoms with Gasteiger partial charge in [0.15, 0.2) is 3.95 Å². The molecule has 2 N–H and O–H groups in total. The molecular weight excluding hydrogens is 276 g/mol. The van der Waals surface area contributed by atoms with Crippen LogP contribution in [-0.2, 0) is 0 Å². The van der Waals surface area contributed by atoms with Crippen LogP contribution < -0.4 is 0 Å². The van der Waals surface area contributed by atoms with Gasteiger partial charge < -0.3 is 10.1 Å². The third-order valence-electron chi connectivity index (χ3n) is 2.74. The van der Waals surface area contributed by atoms with Gasteiger partial charge >= 0.3 is 0 Å². The molecule has 3 aromatic rings. The molecule has 19 heavy (non-hydrogen) atoms. The molecule has 3 rings (SSSR count). The number of rotatable bonds is 2. The van der Waals surface area contributed by atoms with Crippen LogP contribution in [0.25, 0.3) is 10.8 Å². The highest BCUT2D eigenvalue weighted by Gasteiger charge is 2.02. The standard InChI is InChI=1S/C14H10N2OS2/c17-13-12(19-14(18)16-13)8-15-11-7-3-5-9-4-1-2-6-10(9)11/h1-8,17H,(H,16,18). The molecule has 0 saturated heterocycles. The third kappa shape index (κ3) is 2.43. The van der Waals surface area contributed by atoms with Crippen LogP contribution >= 0.6 is 23.6 Å². The van der Waals surface area contributed by atoms with Crippen LogP contribution in [0.1, 0.15) is 4.88 Å². The summed E-state index contributed by atoms with van der Waals surface area (Å²) in [6, 6.07) is 14.0. The summed E-state index contributed by atoms with van der Waals surface area (Å²) in [6.45, 7) is 0. The summed E-state index contributed by atoms with van der Waals surface area (Å²) in [5.74, 6) is 0.0685. The van der Waals surface area contributed by atoms with Gasteiger partial charge in [0.2, 0.25) is 5.88 Å². The summed E-state index contributed by atoms with van der Waals surface area (Å²) < 4.78 is 0.539. The van der Waals surface area contributed by atoms with Crippen molar-refractivity contribution in [2.75, 3.05) is 0 Å². The fraction of sp³-hybridized carbons (Fsp3) is 0. The van der Waals surface area contributed by atoms with Gasteiger partial charge in [-0.3, -0.25) is 4.99 Å². The maximum atomic E-state index is 9.62. The highest BCUT2D eigenvalue weighted by atomic mass is 32.1. The fourth-order valence-electron chi connectivity index (χ4n) is 1.87. The SMILES string of the molecule is Oc1[nH]c(=S)sc1C=Nc1cccc2ccccc12. The number of H-pyrrole nitrogens is 1. The van der Waals surface area contributed by atoms with Gasteiger partial charge in [0.25, 0.3) is 0 Å². The van der Waals surface area contributed by atoms with Crippen molar-refractivity contribution >= 4 is 46.2 Å². The molecular formula is C14H10N2OS2. The van der Waals surface area contributed by atoms with Gasteiger partial charge in [0.05, 0.1) is 11.9 Å². The van der Waals surface area contributed by atoms with E-state index in [4.69, 9.17) is 12.2 Å². The molecule has 0 saturated carbocycles. The molecule has 94 valence electrons. The molecule has 0 bridgehead atoms. The Labute approximate surface area is 118 Å². The number of nitrogens with one attached hydrogen (secondary N) is 1. The Morgan fingerprint density at radius 1 is 1.16 bits per heavy atom. The summed E-state index contributed by atoms with van der Waals surface area (Å²) in [5.41, 5.74) is 0.872. The lowest BCUT2D eigenvalue weighted by molar-refractivity contribution is 0.456. The van der Waals surface area contributed by atoms with Gasteiger partial charge in [0, 0.05) is 5.39 Å². The predicted molar refractivity (Wildman–Crippen MR) is 82.4 cm³/mol. The van der Waals surface area contributed by atoms with E-state index in [-0.39, 0.29) is 5.88 Å². The summed E-state index contributed by atoms with van der Waals surface area (Å²) >= 11 is 6.27. The van der Waals surface area contributed by atoms with Crippen LogP contribution in [0, 0.1) is 3.95 Å². The zero-order valence-electron chi connectivity index (χ0n) is 9.83. The summed E-state index contributed by atoms with van der Waals surface area (Å²) in [5, 5.41) is 11.8. The molecule has 3 nitrogen and oxygen atoms in total. The Balaban J connectivity index is 2.06. The minimum absolute atomic E-state index is 0.0685. The molecule has 0 aliphatic heterocycles. The monoisotopic (exact) mass is 286 g/mol. The van der Waals surface area contributed by atoms with Crippen molar-refractivity contribution in [3.05, 3.63) is 51.3 Å². The smallest absolute Gasteiger partial charge is 0.209 e. The van der Waals surface area contributed by atoms with E-state index in [1.165, 1.54) is 11.3 Å². The zero-order valence-corrected chi connectivity index (χ0v) is 11.5. The summed E-state index contributed by atoms with van der Waals surface area (Å²) in [4.78, 5) is 7.75. The first kappa shape index (κ1) is 12.1. The van der Waals surface area contributed by atoms with Crippen molar-refractivity contribution in [1.82, 2.24) is 4.98 Å². The lowest BCUT2D eigenvalue weighted by Crippen LogP contribution is -1.77. The summed E-state index contributed by atoms with van der Waals surface area (Å²) in [6.07, 6.45) is 1.63. The second-order valence-corrected chi connectivity index (χ2v) is 5.70. The van der Waals surface area contributed by atoms with Crippen molar-refractivity contribution in [2.45, 2.75) is 0 Å². The Bertz CT molecular complexity index is 812. The average molecular weight is 286 g/mol. The van der Waals surface area contributed by atoms with Gasteiger partial charge in [0.1, 0.15) is 4.88 Å². The molecule has 0 radical (unpaired) electrons. The first-order valence-electron chi connectivity index (χ1n) is 5.68. The number of benzene rings is 2. The Kier molecular flexibility index (Phi) is 3.15. The van der Waals surface area contributed by atoms with E-state index in [1.807, 2.05) is 42.5 Å². The van der Waals surface area contributed by atoms with E-state index in [2.05, 4.69) is 9.98 Å². The van der Waals surface area contributed by atoms with Crippen LogP contribution in [0.4, 0.5) is 5.69 Å². The van der Waals surface area contributed by atoms with Gasteiger partial charge in [-0.2, -0.15) is 0 Å². The van der Waals surface area contributed by atoms with Crippen LogP contribution in [0.3, 0.4) is 0 Å². The van der Waals surface area contributed by atoms with E-state index in [1.54, 1.807) is 6.21 Å². The Morgan fingerprint density at radius 3 is 2.74 bits per heavy atom. The number of aromatic nitrogens is 1. The van der Waals surface area contributed by atoms with E-state index in [0.29, 0.717) is 8.83 Å². The second-order valence-electron chi connectivity index (χ2n) is 3.98. The third-order valence-corrected chi connectivity index (χ3v) is 3.90. The van der Waals surface area contributed by atoms with E-state index in [9.17, 15) is 5.11 Å². The molecule has 0 aliphatic carbocycles. The Morgan fingerprint density at radius 2 is 1.95 bits per heavy atom. The molecule has 0 amide bonds. The van der Waals surface area contributed by atoms with Crippen molar-refractivity contribution in [3.63, 3.8) is 0 Å². The van der Waals surface area contributed by atoms with E-state index < -0.39 is 0 Å². The maximum Gasteiger partial charge on any atom is 0.209 e. The molecule has 1 aromatic heterocycles. The van der Waals surface area contributed by atoms with Crippen molar-refractivity contribution in [3.8, 4) is 5.88 Å². The highest BCUT2D eigenvalue weighted by molar-refractivity contribution is 7.73. The summed E-state index contributed by atoms with van der Waals surface area (Å²) in [7, 11) is 0. The minimum atomic E-state index is 0.0685. The zero-order chi connectivity index (χ0) is 13.2. The molecule has 0 spiro atoms. The lowest BCUT2D eigenvalue weighted by Gasteiger charge is -2.00. The number of aliphatic imine (C=N–C) groups is 1. The number of hydrogen-bond acceptors (Lipinski definition) is 4. The largest absolute Gasteiger partial charge is 0.494 e. The van der Waals surface area contributed by atoms with Crippen molar-refractivity contribution in [1.29, 1.82) is 0 Å². The first-order valence-corrected chi connectivity index (χ1v) is 6.90. The van der Waals surface area contributed by atoms with Crippen LogP contribution in [0.2, 0.25) is 0 Å². The first-order chi connectivity index (χ1) is 9.24. The number of fused-ring (bicyclic) bond motifs is 1. The van der Waals surface area contributed by atoms with Crippen LogP contribution in [0.15, 0.2) is 47.5 Å². The van der Waals surface area contributed by atoms with Crippen LogP contribution in [0.5, 0.6) is 5.88 Å². The number of thiazole rings is 1. The number of nitrogens with zero attached hydrogens (tertiary/aromatic N) is 1. The van der Waals surface area contributed by atoms with E-state index in [0.717, 1.165) is 16.5 Å². The molecule has 0 unspecified atom stereocenters. The topological polar surface area (TPSA) is 48.4 Å². The minimum Gasteiger partial charge on any atom is -0.494 e. The molecule has 0 atom stereocenters. The van der Waals surface area contributed by atoms with E-state index >= 15 is 0 Å². The fourth-order valence-corrected chi connectivity index (χ4v) is 2.84. The molecule has 1 heterocycles. The lowest BCUT2D eigenvalue weighted by atomic mass is 10.1. The van der Waals surface area contributed by atoms with Gasteiger partial charge in [-0.05, 0) is 23.7 Å². The second kappa shape index (κ2) is 4.95. The van der Waals surface area contributed by atoms with Gasteiger partial charge in [-0.25, -0.2) is 0 Å². The maximum absolute atomic E-state index is 9.62. The molecule has 0 fully saturated rings. The highest BCUT2D eigenvalue weighted by Crippen LogP contribution is 2.26. The van der Waals surface area contributed by atoms with Crippen molar-refractivity contribution in [2.24, 2.45) is 4.99 Å². The Hall–Kier alpha value is -1.98. The van der Waals surface area contributed by atoms with Gasteiger partial charge in [-0.1, -0.05) is 47.7 Å². The van der Waals surface area contributed by atoms with Gasteiger partial charge in [-0.15, -0.1) is 0 Å². The number of aromatic hydroxyl groups is 1. The molecule has 2 aromatic carbocycles. The molecule has 5 heteroatoms. The quantitative estimate of drug-likeness (QED) is 0.541. The van der Waals surface area contributed by atoms with Crippen LogP contribution in [-0.4, -0.2) is 16.3 Å². The molecule has 0 aliphatic rings.